The third kappa shape index (κ3) is 3.73. The van der Waals surface area contributed by atoms with Gasteiger partial charge in [0.1, 0.15) is 5.75 Å². The van der Waals surface area contributed by atoms with E-state index >= 15 is 0 Å². The van der Waals surface area contributed by atoms with Gasteiger partial charge < -0.3 is 15.8 Å². The first-order valence-corrected chi connectivity index (χ1v) is 7.47. The van der Waals surface area contributed by atoms with Crippen LogP contribution in [0.4, 0.5) is 5.69 Å². The smallest absolute Gasteiger partial charge is 0.244 e. The Hall–Kier alpha value is -1.55. The van der Waals surface area contributed by atoms with Gasteiger partial charge in [0.25, 0.3) is 0 Å². The van der Waals surface area contributed by atoms with Crippen LogP contribution in [0.25, 0.3) is 0 Å². The molecule has 3 N–H and O–H groups in total. The lowest BCUT2D eigenvalue weighted by atomic mass is 9.82. The summed E-state index contributed by atoms with van der Waals surface area (Å²) in [4.78, 5) is 12.3. The Kier molecular flexibility index (Phi) is 5.01. The molecule has 0 aliphatic heterocycles. The molecule has 0 spiro atoms. The van der Waals surface area contributed by atoms with E-state index in [-0.39, 0.29) is 5.91 Å². The average molecular weight is 276 g/mol. The molecule has 2 rings (SSSR count). The highest BCUT2D eigenvalue weighted by molar-refractivity contribution is 5.98. The summed E-state index contributed by atoms with van der Waals surface area (Å²) >= 11 is 0. The first kappa shape index (κ1) is 14.9. The number of amides is 1. The second kappa shape index (κ2) is 6.75. The Bertz CT molecular complexity index is 454. The Morgan fingerprint density at radius 3 is 2.80 bits per heavy atom. The lowest BCUT2D eigenvalue weighted by Crippen LogP contribution is -2.52. The van der Waals surface area contributed by atoms with E-state index in [1.54, 1.807) is 0 Å². The molecule has 4 nitrogen and oxygen atoms in total. The molecule has 1 aromatic rings. The molecule has 110 valence electrons. The molecule has 0 radical (unpaired) electrons. The zero-order valence-corrected chi connectivity index (χ0v) is 12.2. The number of carbonyl (C=O) groups excluding carboxylic acids is 1. The van der Waals surface area contributed by atoms with Crippen LogP contribution in [0.5, 0.6) is 5.75 Å². The van der Waals surface area contributed by atoms with Crippen LogP contribution in [0.1, 0.15) is 45.4 Å². The molecule has 1 aliphatic carbocycles. The number of rotatable bonds is 5. The van der Waals surface area contributed by atoms with Crippen molar-refractivity contribution in [3.05, 3.63) is 24.3 Å². The summed E-state index contributed by atoms with van der Waals surface area (Å²) in [7, 11) is 0. The van der Waals surface area contributed by atoms with Crippen molar-refractivity contribution in [2.45, 2.75) is 51.0 Å². The number of hydrogen-bond acceptors (Lipinski definition) is 3. The second-order valence-corrected chi connectivity index (χ2v) is 5.55. The minimum Gasteiger partial charge on any atom is -0.494 e. The van der Waals surface area contributed by atoms with E-state index in [9.17, 15) is 4.79 Å². The number of hydrogen-bond donors (Lipinski definition) is 2. The number of nitrogens with two attached hydrogens (primary N) is 1. The number of nitrogens with one attached hydrogen (secondary N) is 1. The fourth-order valence-electron chi connectivity index (χ4n) is 2.55. The fraction of sp³-hybridized carbons (Fsp3) is 0.562. The highest BCUT2D eigenvalue weighted by Gasteiger charge is 2.35. The molecule has 1 aromatic carbocycles. The van der Waals surface area contributed by atoms with E-state index in [0.29, 0.717) is 6.61 Å². The van der Waals surface area contributed by atoms with E-state index in [1.165, 1.54) is 6.42 Å². The van der Waals surface area contributed by atoms with Crippen LogP contribution in [-0.2, 0) is 4.79 Å². The Morgan fingerprint density at radius 2 is 2.10 bits per heavy atom. The van der Waals surface area contributed by atoms with Crippen LogP contribution in [0.15, 0.2) is 24.3 Å². The van der Waals surface area contributed by atoms with Gasteiger partial charge in [0.2, 0.25) is 5.91 Å². The number of anilines is 1. The molecule has 0 atom stereocenters. The molecule has 1 saturated carbocycles. The summed E-state index contributed by atoms with van der Waals surface area (Å²) in [6.07, 6.45) is 5.73. The summed E-state index contributed by atoms with van der Waals surface area (Å²) in [5, 5.41) is 2.93. The highest BCUT2D eigenvalue weighted by atomic mass is 16.5. The standard InChI is InChI=1S/C16H24N2O2/c1-2-11-20-14-8-6-7-13(12-14)18-15(19)16(17)9-4-3-5-10-16/h6-8,12H,2-5,9-11,17H2,1H3,(H,18,19). The summed E-state index contributed by atoms with van der Waals surface area (Å²) in [5.74, 6) is 0.698. The number of ether oxygens (including phenoxy) is 1. The maximum absolute atomic E-state index is 12.3. The predicted molar refractivity (Wildman–Crippen MR) is 80.9 cm³/mol. The van der Waals surface area contributed by atoms with Crippen molar-refractivity contribution in [1.82, 2.24) is 0 Å². The van der Waals surface area contributed by atoms with Gasteiger partial charge in [-0.1, -0.05) is 32.3 Å². The van der Waals surface area contributed by atoms with Gasteiger partial charge in [-0.05, 0) is 31.4 Å². The molecule has 4 heteroatoms. The topological polar surface area (TPSA) is 64.3 Å². The van der Waals surface area contributed by atoms with Gasteiger partial charge in [-0.2, -0.15) is 0 Å². The van der Waals surface area contributed by atoms with Crippen molar-refractivity contribution in [3.8, 4) is 5.75 Å². The van der Waals surface area contributed by atoms with Crippen molar-refractivity contribution >= 4 is 11.6 Å². The molecular weight excluding hydrogens is 252 g/mol. The fourth-order valence-corrected chi connectivity index (χ4v) is 2.55. The highest BCUT2D eigenvalue weighted by Crippen LogP contribution is 2.27. The lowest BCUT2D eigenvalue weighted by Gasteiger charge is -2.31. The Morgan fingerprint density at radius 1 is 1.35 bits per heavy atom. The van der Waals surface area contributed by atoms with Crippen molar-refractivity contribution in [3.63, 3.8) is 0 Å². The van der Waals surface area contributed by atoms with E-state index in [1.807, 2.05) is 24.3 Å². The summed E-state index contributed by atoms with van der Waals surface area (Å²) < 4.78 is 5.57. The van der Waals surface area contributed by atoms with Crippen LogP contribution in [0.2, 0.25) is 0 Å². The van der Waals surface area contributed by atoms with Crippen molar-refractivity contribution in [2.24, 2.45) is 5.73 Å². The average Bonchev–Trinajstić information content (AvgIpc) is 2.46. The number of carbonyl (C=O) groups is 1. The van der Waals surface area contributed by atoms with Gasteiger partial charge >= 0.3 is 0 Å². The molecule has 0 bridgehead atoms. The SMILES string of the molecule is CCCOc1cccc(NC(=O)C2(N)CCCCC2)c1. The predicted octanol–water partition coefficient (Wildman–Crippen LogP) is 3.08. The molecule has 20 heavy (non-hydrogen) atoms. The van der Waals surface area contributed by atoms with E-state index < -0.39 is 5.54 Å². The molecule has 1 fully saturated rings. The maximum Gasteiger partial charge on any atom is 0.244 e. The zero-order chi connectivity index (χ0) is 14.4. The normalized spacial score (nSPS) is 17.5. The molecular formula is C16H24N2O2. The van der Waals surface area contributed by atoms with Gasteiger partial charge in [0.15, 0.2) is 0 Å². The van der Waals surface area contributed by atoms with Gasteiger partial charge in [-0.3, -0.25) is 4.79 Å². The van der Waals surface area contributed by atoms with Gasteiger partial charge in [0, 0.05) is 11.8 Å². The Labute approximate surface area is 120 Å². The monoisotopic (exact) mass is 276 g/mol. The minimum atomic E-state index is -0.710. The second-order valence-electron chi connectivity index (χ2n) is 5.55. The van der Waals surface area contributed by atoms with Crippen molar-refractivity contribution in [2.75, 3.05) is 11.9 Å². The summed E-state index contributed by atoms with van der Waals surface area (Å²) in [5.41, 5.74) is 6.26. The maximum atomic E-state index is 12.3. The van der Waals surface area contributed by atoms with E-state index in [4.69, 9.17) is 10.5 Å². The van der Waals surface area contributed by atoms with Gasteiger partial charge in [-0.25, -0.2) is 0 Å². The zero-order valence-electron chi connectivity index (χ0n) is 12.2. The lowest BCUT2D eigenvalue weighted by molar-refractivity contribution is -0.122. The van der Waals surface area contributed by atoms with Gasteiger partial charge in [0.05, 0.1) is 12.1 Å². The molecule has 0 saturated heterocycles. The summed E-state index contributed by atoms with van der Waals surface area (Å²) in [6.45, 7) is 2.74. The molecule has 0 aromatic heterocycles. The largest absolute Gasteiger partial charge is 0.494 e. The molecule has 0 heterocycles. The summed E-state index contributed by atoms with van der Waals surface area (Å²) in [6, 6.07) is 7.48. The van der Waals surface area contributed by atoms with Crippen LogP contribution < -0.4 is 15.8 Å². The Balaban J connectivity index is 2.00. The van der Waals surface area contributed by atoms with E-state index in [2.05, 4.69) is 12.2 Å². The third-order valence-corrected chi connectivity index (χ3v) is 3.76. The van der Waals surface area contributed by atoms with Gasteiger partial charge in [-0.15, -0.1) is 0 Å². The first-order valence-electron chi connectivity index (χ1n) is 7.47. The third-order valence-electron chi connectivity index (χ3n) is 3.76. The first-order chi connectivity index (χ1) is 9.64. The van der Waals surface area contributed by atoms with Crippen molar-refractivity contribution < 1.29 is 9.53 Å². The minimum absolute atomic E-state index is 0.0789. The molecule has 0 unspecified atom stereocenters. The van der Waals surface area contributed by atoms with E-state index in [0.717, 1.165) is 43.5 Å². The molecule has 1 aliphatic rings. The molecule has 1 amide bonds. The van der Waals surface area contributed by atoms with Crippen molar-refractivity contribution in [1.29, 1.82) is 0 Å². The van der Waals surface area contributed by atoms with Crippen LogP contribution >= 0.6 is 0 Å². The van der Waals surface area contributed by atoms with Crippen LogP contribution in [0, 0.1) is 0 Å². The van der Waals surface area contributed by atoms with Crippen LogP contribution in [0.3, 0.4) is 0 Å². The van der Waals surface area contributed by atoms with Crippen LogP contribution in [-0.4, -0.2) is 18.1 Å². The quantitative estimate of drug-likeness (QED) is 0.868. The number of benzene rings is 1.